The number of hydrogen-bond acceptors (Lipinski definition) is 6. The molecular formula is C25H29FN6O2. The van der Waals surface area contributed by atoms with E-state index in [4.69, 9.17) is 0 Å². The number of fused-ring (bicyclic) bond motifs is 1. The second-order valence-electron chi connectivity index (χ2n) is 8.46. The molecule has 0 saturated heterocycles. The molecule has 34 heavy (non-hydrogen) atoms. The summed E-state index contributed by atoms with van der Waals surface area (Å²) in [5, 5.41) is 22.8. The van der Waals surface area contributed by atoms with Gasteiger partial charge in [0.25, 0.3) is 5.56 Å². The van der Waals surface area contributed by atoms with Crippen molar-refractivity contribution in [1.82, 2.24) is 30.1 Å². The van der Waals surface area contributed by atoms with Gasteiger partial charge in [0.15, 0.2) is 5.82 Å². The minimum absolute atomic E-state index is 0.0424. The van der Waals surface area contributed by atoms with Crippen molar-refractivity contribution in [3.8, 4) is 0 Å². The van der Waals surface area contributed by atoms with Crippen molar-refractivity contribution >= 4 is 10.9 Å². The highest BCUT2D eigenvalue weighted by Gasteiger charge is 2.25. The number of aromatic amines is 1. The number of H-pyrrole nitrogens is 1. The number of para-hydroxylation sites is 1. The predicted octanol–water partition coefficient (Wildman–Crippen LogP) is 3.35. The average Bonchev–Trinajstić information content (AvgIpc) is 3.28. The van der Waals surface area contributed by atoms with Crippen LogP contribution in [-0.2, 0) is 13.1 Å². The van der Waals surface area contributed by atoms with Crippen molar-refractivity contribution in [1.29, 1.82) is 0 Å². The summed E-state index contributed by atoms with van der Waals surface area (Å²) in [5.41, 5.74) is 3.26. The zero-order valence-electron chi connectivity index (χ0n) is 19.4. The summed E-state index contributed by atoms with van der Waals surface area (Å²) in [5.74, 6) is 0.371. The van der Waals surface area contributed by atoms with Crippen molar-refractivity contribution in [3.05, 3.63) is 87.2 Å². The highest BCUT2D eigenvalue weighted by molar-refractivity contribution is 5.81. The average molecular weight is 465 g/mol. The topological polar surface area (TPSA) is 99.9 Å². The summed E-state index contributed by atoms with van der Waals surface area (Å²) in [7, 11) is 0. The van der Waals surface area contributed by atoms with Crippen LogP contribution >= 0.6 is 0 Å². The number of nitrogens with one attached hydrogen (secondary N) is 1. The fourth-order valence-electron chi connectivity index (χ4n) is 4.31. The molecule has 1 atom stereocenters. The van der Waals surface area contributed by atoms with Crippen molar-refractivity contribution in [2.24, 2.45) is 0 Å². The van der Waals surface area contributed by atoms with E-state index in [1.807, 2.05) is 38.1 Å². The number of hydrogen-bond donors (Lipinski definition) is 2. The molecule has 0 spiro atoms. The Morgan fingerprint density at radius 3 is 2.74 bits per heavy atom. The Morgan fingerprint density at radius 1 is 1.21 bits per heavy atom. The first-order chi connectivity index (χ1) is 16.5. The van der Waals surface area contributed by atoms with Crippen molar-refractivity contribution in [2.75, 3.05) is 13.2 Å². The molecule has 2 N–H and O–H groups in total. The predicted molar refractivity (Wildman–Crippen MR) is 128 cm³/mol. The van der Waals surface area contributed by atoms with Gasteiger partial charge in [0.05, 0.1) is 18.1 Å². The lowest BCUT2D eigenvalue weighted by atomic mass is 10.1. The monoisotopic (exact) mass is 464 g/mol. The summed E-state index contributed by atoms with van der Waals surface area (Å²) in [6, 6.07) is 13.9. The van der Waals surface area contributed by atoms with Gasteiger partial charge in [-0.05, 0) is 64.9 Å². The molecule has 4 rings (SSSR count). The Labute approximate surface area is 197 Å². The number of aromatic nitrogens is 5. The standard InChI is InChI=1S/C25H29FN6O2/c1-3-22(24-28-29-30-32(24)15-18-8-10-21(26)11-9-18)31(12-5-13-33)16-20-14-19-7-4-6-17(2)23(19)27-25(20)34/h4,6-11,14,22,33H,3,5,12-13,15-16H2,1-2H3,(H,27,34)/t22-/m1/s1. The van der Waals surface area contributed by atoms with E-state index in [0.717, 1.165) is 22.0 Å². The van der Waals surface area contributed by atoms with Crippen LogP contribution in [0.25, 0.3) is 10.9 Å². The fourth-order valence-corrected chi connectivity index (χ4v) is 4.31. The first kappa shape index (κ1) is 23.7. The van der Waals surface area contributed by atoms with Gasteiger partial charge < -0.3 is 10.1 Å². The largest absolute Gasteiger partial charge is 0.396 e. The van der Waals surface area contributed by atoms with Gasteiger partial charge >= 0.3 is 0 Å². The van der Waals surface area contributed by atoms with Gasteiger partial charge in [0.2, 0.25) is 0 Å². The summed E-state index contributed by atoms with van der Waals surface area (Å²) in [6.07, 6.45) is 1.26. The molecule has 0 radical (unpaired) electrons. The van der Waals surface area contributed by atoms with Crippen LogP contribution < -0.4 is 5.56 Å². The third-order valence-corrected chi connectivity index (χ3v) is 6.07. The fraction of sp³-hybridized carbons (Fsp3) is 0.360. The van der Waals surface area contributed by atoms with Gasteiger partial charge in [0, 0.05) is 25.3 Å². The molecule has 2 heterocycles. The highest BCUT2D eigenvalue weighted by Crippen LogP contribution is 2.25. The van der Waals surface area contributed by atoms with E-state index in [1.54, 1.807) is 16.8 Å². The number of halogens is 1. The van der Waals surface area contributed by atoms with Crippen LogP contribution in [-0.4, -0.2) is 48.3 Å². The molecule has 178 valence electrons. The zero-order valence-corrected chi connectivity index (χ0v) is 19.4. The minimum Gasteiger partial charge on any atom is -0.396 e. The lowest BCUT2D eigenvalue weighted by molar-refractivity contribution is 0.152. The van der Waals surface area contributed by atoms with Crippen molar-refractivity contribution < 1.29 is 9.50 Å². The Bertz CT molecular complexity index is 1300. The number of aliphatic hydroxyl groups is 1. The van der Waals surface area contributed by atoms with E-state index in [2.05, 4.69) is 25.4 Å². The first-order valence-electron chi connectivity index (χ1n) is 11.5. The maximum atomic E-state index is 13.3. The molecule has 9 heteroatoms. The third-order valence-electron chi connectivity index (χ3n) is 6.07. The summed E-state index contributed by atoms with van der Waals surface area (Å²) < 4.78 is 15.0. The van der Waals surface area contributed by atoms with Gasteiger partial charge in [-0.15, -0.1) is 5.10 Å². The minimum atomic E-state index is -0.293. The molecule has 0 amide bonds. The van der Waals surface area contributed by atoms with Crippen LogP contribution in [0, 0.1) is 12.7 Å². The quantitative estimate of drug-likeness (QED) is 0.373. The van der Waals surface area contributed by atoms with E-state index < -0.39 is 0 Å². The van der Waals surface area contributed by atoms with E-state index in [9.17, 15) is 14.3 Å². The van der Waals surface area contributed by atoms with Gasteiger partial charge in [-0.25, -0.2) is 9.07 Å². The maximum absolute atomic E-state index is 13.3. The molecule has 0 unspecified atom stereocenters. The van der Waals surface area contributed by atoms with Crippen LogP contribution in [0.1, 0.15) is 48.3 Å². The molecule has 0 fully saturated rings. The molecule has 0 saturated carbocycles. The number of aryl methyl sites for hydroxylation is 1. The maximum Gasteiger partial charge on any atom is 0.252 e. The van der Waals surface area contributed by atoms with Gasteiger partial charge in [-0.2, -0.15) is 0 Å². The SMILES string of the molecule is CC[C@H](c1nnnn1Cc1ccc(F)cc1)N(CCCO)Cc1cc2cccc(C)c2[nH]c1=O. The number of rotatable bonds is 10. The number of aliphatic hydroxyl groups excluding tert-OH is 1. The highest BCUT2D eigenvalue weighted by atomic mass is 19.1. The zero-order chi connectivity index (χ0) is 24.1. The van der Waals surface area contributed by atoms with E-state index in [1.165, 1.54) is 12.1 Å². The van der Waals surface area contributed by atoms with Crippen molar-refractivity contribution in [2.45, 2.75) is 45.8 Å². The molecule has 0 aliphatic heterocycles. The number of tetrazole rings is 1. The van der Waals surface area contributed by atoms with Crippen LogP contribution in [0.4, 0.5) is 4.39 Å². The van der Waals surface area contributed by atoms with Crippen LogP contribution in [0.3, 0.4) is 0 Å². The molecule has 0 aliphatic rings. The Balaban J connectivity index is 1.65. The lowest BCUT2D eigenvalue weighted by Gasteiger charge is -2.30. The van der Waals surface area contributed by atoms with Crippen molar-refractivity contribution in [3.63, 3.8) is 0 Å². The molecule has 8 nitrogen and oxygen atoms in total. The summed E-state index contributed by atoms with van der Waals surface area (Å²) in [4.78, 5) is 18.1. The Hall–Kier alpha value is -3.43. The van der Waals surface area contributed by atoms with Crippen LogP contribution in [0.5, 0.6) is 0 Å². The first-order valence-corrected chi connectivity index (χ1v) is 11.5. The second-order valence-corrected chi connectivity index (χ2v) is 8.46. The number of pyridine rings is 1. The molecule has 4 aromatic rings. The second kappa shape index (κ2) is 10.7. The Kier molecular flexibility index (Phi) is 7.44. The smallest absolute Gasteiger partial charge is 0.252 e. The van der Waals surface area contributed by atoms with Crippen LogP contribution in [0.15, 0.2) is 53.3 Å². The van der Waals surface area contributed by atoms with E-state index in [0.29, 0.717) is 43.9 Å². The summed E-state index contributed by atoms with van der Waals surface area (Å²) in [6.45, 7) is 5.43. The molecule has 0 bridgehead atoms. The van der Waals surface area contributed by atoms with Crippen LogP contribution in [0.2, 0.25) is 0 Å². The molecule has 2 aromatic heterocycles. The lowest BCUT2D eigenvalue weighted by Crippen LogP contribution is -2.34. The molecule has 0 aliphatic carbocycles. The number of nitrogens with zero attached hydrogens (tertiary/aromatic N) is 5. The number of benzene rings is 2. The van der Waals surface area contributed by atoms with E-state index >= 15 is 0 Å². The van der Waals surface area contributed by atoms with E-state index in [-0.39, 0.29) is 24.0 Å². The normalized spacial score (nSPS) is 12.5. The Morgan fingerprint density at radius 2 is 2.00 bits per heavy atom. The summed E-state index contributed by atoms with van der Waals surface area (Å²) >= 11 is 0. The van der Waals surface area contributed by atoms with Gasteiger partial charge in [-0.1, -0.05) is 37.3 Å². The van der Waals surface area contributed by atoms with Gasteiger partial charge in [0.1, 0.15) is 5.82 Å². The molecule has 2 aromatic carbocycles. The third kappa shape index (κ3) is 5.21. The van der Waals surface area contributed by atoms with Gasteiger partial charge in [-0.3, -0.25) is 9.69 Å². The molecular weight excluding hydrogens is 435 g/mol.